The van der Waals surface area contributed by atoms with Crippen LogP contribution in [0.3, 0.4) is 0 Å². The molecule has 306 valence electrons. The number of rotatable bonds is 10. The fraction of sp³-hybridized carbons (Fsp3) is 0.571. The molecule has 9 nitrogen and oxygen atoms in total. The number of aromatic nitrogens is 2. The number of carbonyl (C=O) groups is 2. The number of alkyl halides is 4. The van der Waals surface area contributed by atoms with Crippen molar-refractivity contribution in [3.8, 4) is 0 Å². The molecule has 0 spiro atoms. The molecule has 6 rings (SSSR count). The van der Waals surface area contributed by atoms with Gasteiger partial charge < -0.3 is 24.5 Å². The summed E-state index contributed by atoms with van der Waals surface area (Å²) in [5.41, 5.74) is 4.58. The first-order chi connectivity index (χ1) is 25.2. The summed E-state index contributed by atoms with van der Waals surface area (Å²) < 4.78 is 60.3. The molecule has 6 unspecified atom stereocenters. The zero-order chi connectivity index (χ0) is 38.7. The number of likely N-dealkylation sites (tertiary alicyclic amines) is 2. The maximum Gasteiger partial charge on any atom is 1.00 e. The summed E-state index contributed by atoms with van der Waals surface area (Å²) in [6.07, 6.45) is -1.18. The van der Waals surface area contributed by atoms with Crippen molar-refractivity contribution in [3.63, 3.8) is 0 Å². The monoisotopic (exact) mass is 798 g/mol. The van der Waals surface area contributed by atoms with Crippen LogP contribution in [0.4, 0.5) is 17.6 Å². The number of carboxylic acids is 1. The molecule has 0 amide bonds. The average molecular weight is 799 g/mol. The van der Waals surface area contributed by atoms with Gasteiger partial charge in [-0.3, -0.25) is 9.80 Å². The van der Waals surface area contributed by atoms with Gasteiger partial charge in [0.2, 0.25) is 0 Å². The minimum Gasteiger partial charge on any atom is -0.870 e. The van der Waals surface area contributed by atoms with Gasteiger partial charge in [-0.1, -0.05) is 43.8 Å². The summed E-state index contributed by atoms with van der Waals surface area (Å²) in [7, 11) is 1.40. The van der Waals surface area contributed by atoms with Gasteiger partial charge in [-0.2, -0.15) is 0 Å². The number of para-hydroxylation sites is 2. The Kier molecular flexibility index (Phi) is 18.6. The van der Waals surface area contributed by atoms with Gasteiger partial charge in [0.25, 0.3) is 12.9 Å². The predicted octanol–water partition coefficient (Wildman–Crippen LogP) is 6.70. The van der Waals surface area contributed by atoms with Crippen molar-refractivity contribution in [2.45, 2.75) is 112 Å². The first-order valence-electron chi connectivity index (χ1n) is 18.7. The Morgan fingerprint density at radius 3 is 1.48 bits per heavy atom. The van der Waals surface area contributed by atoms with E-state index < -0.39 is 18.8 Å². The molecule has 2 aliphatic rings. The third-order valence-electron chi connectivity index (χ3n) is 11.9. The Hall–Kier alpha value is -2.94. The summed E-state index contributed by atoms with van der Waals surface area (Å²) in [6.45, 7) is 13.1. The molecule has 6 atom stereocenters. The van der Waals surface area contributed by atoms with Crippen LogP contribution in [0.2, 0.25) is 0 Å². The van der Waals surface area contributed by atoms with Gasteiger partial charge >= 0.3 is 41.5 Å². The van der Waals surface area contributed by atoms with E-state index in [0.717, 1.165) is 58.9 Å². The summed E-state index contributed by atoms with van der Waals surface area (Å²) in [6, 6.07) is 16.0. The molecule has 0 saturated carbocycles. The number of nitrogens with zero attached hydrogens (tertiary/aromatic N) is 4. The predicted molar refractivity (Wildman–Crippen MR) is 209 cm³/mol. The molecule has 0 radical (unpaired) electrons. The van der Waals surface area contributed by atoms with Gasteiger partial charge in [-0.05, 0) is 104 Å². The number of esters is 1. The number of carbonyl (C=O) groups excluding carboxylic acids is 1. The summed E-state index contributed by atoms with van der Waals surface area (Å²) in [4.78, 5) is 27.8. The molecule has 4 aromatic rings. The summed E-state index contributed by atoms with van der Waals surface area (Å²) in [5.74, 6) is -0.538. The van der Waals surface area contributed by atoms with Crippen molar-refractivity contribution in [2.75, 3.05) is 33.3 Å². The number of piperidine rings is 2. The van der Waals surface area contributed by atoms with E-state index in [0.29, 0.717) is 36.1 Å². The molecule has 2 fully saturated rings. The zero-order valence-corrected chi connectivity index (χ0v) is 35.3. The molecule has 2 N–H and O–H groups in total. The normalized spacial score (nSPS) is 21.4. The molecule has 14 heteroatoms. The van der Waals surface area contributed by atoms with Crippen molar-refractivity contribution in [3.05, 3.63) is 71.0 Å². The zero-order valence-electron chi connectivity index (χ0n) is 33.3. The smallest absolute Gasteiger partial charge is 0.870 e. The number of benzene rings is 2. The van der Waals surface area contributed by atoms with E-state index in [2.05, 4.69) is 23.0 Å². The maximum absolute atomic E-state index is 12.8. The van der Waals surface area contributed by atoms with E-state index in [1.807, 2.05) is 86.0 Å². The summed E-state index contributed by atoms with van der Waals surface area (Å²) in [5, 5.41) is 11.3. The number of carboxylic acid groups (broad SMARTS) is 1. The number of hydrogen-bond donors (Lipinski definition) is 1. The first kappa shape index (κ1) is 49.2. The fourth-order valence-electron chi connectivity index (χ4n) is 9.17. The van der Waals surface area contributed by atoms with Crippen molar-refractivity contribution >= 4 is 33.7 Å². The molecule has 2 aromatic carbocycles. The molecule has 0 aliphatic carbocycles. The second kappa shape index (κ2) is 21.2. The Labute approximate surface area is 350 Å². The van der Waals surface area contributed by atoms with Crippen LogP contribution in [-0.4, -0.2) is 99.7 Å². The van der Waals surface area contributed by atoms with E-state index in [1.165, 1.54) is 7.11 Å². The van der Waals surface area contributed by atoms with Gasteiger partial charge in [-0.25, -0.2) is 27.2 Å². The minimum atomic E-state index is -2.31. The van der Waals surface area contributed by atoms with Crippen molar-refractivity contribution in [2.24, 2.45) is 11.8 Å². The second-order valence-electron chi connectivity index (χ2n) is 15.0. The molecule has 2 aliphatic heterocycles. The van der Waals surface area contributed by atoms with Crippen molar-refractivity contribution < 1.29 is 72.0 Å². The van der Waals surface area contributed by atoms with E-state index in [9.17, 15) is 32.3 Å². The van der Waals surface area contributed by atoms with E-state index >= 15 is 0 Å². The average Bonchev–Trinajstić information content (AvgIpc) is 3.58. The van der Waals surface area contributed by atoms with Crippen LogP contribution in [0.1, 0.15) is 105 Å². The Balaban J connectivity index is 0.000000367. The van der Waals surface area contributed by atoms with Crippen LogP contribution in [0.15, 0.2) is 48.5 Å². The SMILES string of the molecule is C.COC(=O)c1c(C)n(C(C)C2CCN(CC(F)F)C(C)C2)c2ccccc12.Cc1c(C(=O)O)c2ccccc2n1C(C)C1CCN(CC(F)F)C(C)C1.[Na+].[OH-]. The summed E-state index contributed by atoms with van der Waals surface area (Å²) >= 11 is 0. The molecule has 4 heterocycles. The molecule has 2 aromatic heterocycles. The maximum atomic E-state index is 12.8. The quantitative estimate of drug-likeness (QED) is 0.108. The molecule has 0 bridgehead atoms. The van der Waals surface area contributed by atoms with Gasteiger partial charge in [0.05, 0.1) is 31.3 Å². The van der Waals surface area contributed by atoms with Crippen molar-refractivity contribution in [1.29, 1.82) is 0 Å². The van der Waals surface area contributed by atoms with Gasteiger partial charge in [0, 0.05) is 57.4 Å². The van der Waals surface area contributed by atoms with Crippen LogP contribution in [-0.2, 0) is 4.74 Å². The third-order valence-corrected chi connectivity index (χ3v) is 11.9. The Bertz CT molecular complexity index is 1900. The topological polar surface area (TPSA) is 110 Å². The number of methoxy groups -OCH3 is 1. The first-order valence-corrected chi connectivity index (χ1v) is 18.7. The third kappa shape index (κ3) is 10.4. The van der Waals surface area contributed by atoms with Gasteiger partial charge in [-0.15, -0.1) is 0 Å². The van der Waals surface area contributed by atoms with Crippen molar-refractivity contribution in [1.82, 2.24) is 18.9 Å². The van der Waals surface area contributed by atoms with E-state index in [4.69, 9.17) is 4.74 Å². The van der Waals surface area contributed by atoms with Crippen LogP contribution < -0.4 is 29.6 Å². The number of hydrogen-bond acceptors (Lipinski definition) is 6. The molecular weight excluding hydrogens is 739 g/mol. The van der Waals surface area contributed by atoms with E-state index in [1.54, 1.807) is 0 Å². The minimum absolute atomic E-state index is 0. The molecule has 56 heavy (non-hydrogen) atoms. The van der Waals surface area contributed by atoms with Gasteiger partial charge in [0.1, 0.15) is 0 Å². The Morgan fingerprint density at radius 2 is 1.12 bits per heavy atom. The number of aromatic carboxylic acids is 1. The Morgan fingerprint density at radius 1 is 0.750 bits per heavy atom. The fourth-order valence-corrected chi connectivity index (χ4v) is 9.17. The second-order valence-corrected chi connectivity index (χ2v) is 15.0. The van der Waals surface area contributed by atoms with E-state index in [-0.39, 0.29) is 85.7 Å². The largest absolute Gasteiger partial charge is 1.00 e. The van der Waals surface area contributed by atoms with Crippen LogP contribution in [0.5, 0.6) is 0 Å². The van der Waals surface area contributed by atoms with Crippen LogP contribution >= 0.6 is 0 Å². The van der Waals surface area contributed by atoms with Gasteiger partial charge in [0.15, 0.2) is 0 Å². The van der Waals surface area contributed by atoms with Crippen LogP contribution in [0.25, 0.3) is 21.8 Å². The number of ether oxygens (including phenoxy) is 1. The molecule has 2 saturated heterocycles. The number of fused-ring (bicyclic) bond motifs is 2. The standard InChI is InChI=1S/C21H28F2N2O2.C20H26F2N2O2.CH4.Na.H2O/c1-13-11-16(9-10-24(13)12-19(22)23)14(2)25-15(3)20(21(26)27-4)17-7-5-6-8-18(17)25;1-12-10-15(8-9-23(12)11-18(21)22)13(2)24-14(3)19(20(25)26)16-6-4-5-7-17(16)24;;;/h5-8,13-14,16,19H,9-12H2,1-4H3;4-7,12-13,15,18H,8-11H2,1-3H3,(H,25,26);1H4;;1H2/q;;;+1;/p-1. The van der Waals surface area contributed by atoms with Crippen LogP contribution in [0, 0.1) is 25.7 Å². The number of halogens is 4. The molecular formula is C42H59F4N4NaO5.